The summed E-state index contributed by atoms with van der Waals surface area (Å²) in [6.45, 7) is 2.80. The van der Waals surface area contributed by atoms with Crippen LogP contribution in [0.25, 0.3) is 0 Å². The Hall–Kier alpha value is -0.830. The highest BCUT2D eigenvalue weighted by atomic mass is 35.5. The van der Waals surface area contributed by atoms with Gasteiger partial charge in [-0.3, -0.25) is 0 Å². The van der Waals surface area contributed by atoms with Crippen molar-refractivity contribution < 1.29 is 17.9 Å². The van der Waals surface area contributed by atoms with Crippen molar-refractivity contribution in [2.24, 2.45) is 11.3 Å². The third kappa shape index (κ3) is 4.18. The molecule has 1 amide bonds. The zero-order chi connectivity index (χ0) is 18.8. The molecule has 3 rings (SSSR count). The number of amides is 1. The smallest absolute Gasteiger partial charge is 0.407 e. The van der Waals surface area contributed by atoms with Crippen molar-refractivity contribution in [3.05, 3.63) is 16.5 Å². The molecule has 2 bridgehead atoms. The molecule has 146 valence electrons. The van der Waals surface area contributed by atoms with Crippen molar-refractivity contribution in [3.8, 4) is 0 Å². The zero-order valence-corrected chi connectivity index (χ0v) is 17.2. The Morgan fingerprint density at radius 3 is 2.88 bits per heavy atom. The second-order valence-corrected chi connectivity index (χ2v) is 10.9. The molecule has 0 aromatic carbocycles. The van der Waals surface area contributed by atoms with Crippen LogP contribution in [0, 0.1) is 11.3 Å². The molecule has 3 unspecified atom stereocenters. The van der Waals surface area contributed by atoms with Gasteiger partial charge in [0.25, 0.3) is 0 Å². The predicted octanol–water partition coefficient (Wildman–Crippen LogP) is 3.76. The van der Waals surface area contributed by atoms with Crippen molar-refractivity contribution >= 4 is 39.1 Å². The first-order valence-corrected chi connectivity index (χ1v) is 11.7. The van der Waals surface area contributed by atoms with E-state index >= 15 is 0 Å². The van der Waals surface area contributed by atoms with Crippen LogP contribution in [0.4, 0.5) is 4.79 Å². The van der Waals surface area contributed by atoms with Gasteiger partial charge in [0.2, 0.25) is 10.0 Å². The number of nitrogens with one attached hydrogen (secondary N) is 2. The number of carbonyl (C=O) groups is 1. The molecular formula is C17H25ClN2O4S2. The SMILES string of the molecule is CCCNC(=O)OCC12CCCC(CC1)C2NS(=O)(=O)c1ccc(Cl)s1. The van der Waals surface area contributed by atoms with Crippen LogP contribution in [0.1, 0.15) is 45.4 Å². The maximum absolute atomic E-state index is 12.8. The highest BCUT2D eigenvalue weighted by molar-refractivity contribution is 7.91. The zero-order valence-electron chi connectivity index (χ0n) is 14.8. The van der Waals surface area contributed by atoms with Gasteiger partial charge in [-0.1, -0.05) is 24.9 Å². The van der Waals surface area contributed by atoms with Gasteiger partial charge in [-0.25, -0.2) is 17.9 Å². The monoisotopic (exact) mass is 420 g/mol. The van der Waals surface area contributed by atoms with Crippen LogP contribution in [0.3, 0.4) is 0 Å². The van der Waals surface area contributed by atoms with E-state index in [-0.39, 0.29) is 28.2 Å². The second kappa shape index (κ2) is 8.04. The molecule has 2 aliphatic carbocycles. The minimum atomic E-state index is -3.63. The molecule has 2 N–H and O–H groups in total. The largest absolute Gasteiger partial charge is 0.449 e. The Balaban J connectivity index is 1.73. The number of halogens is 1. The fourth-order valence-corrected chi connectivity index (χ4v) is 7.12. The van der Waals surface area contributed by atoms with E-state index in [1.165, 1.54) is 6.07 Å². The van der Waals surface area contributed by atoms with Crippen LogP contribution in [0.15, 0.2) is 16.3 Å². The number of thiophene rings is 1. The lowest BCUT2D eigenvalue weighted by atomic mass is 9.72. The molecule has 6 nitrogen and oxygen atoms in total. The number of ether oxygens (including phenoxy) is 1. The number of rotatable bonds is 7. The summed E-state index contributed by atoms with van der Waals surface area (Å²) in [4.78, 5) is 11.8. The highest BCUT2D eigenvalue weighted by Gasteiger charge is 2.52. The number of fused-ring (bicyclic) bond motifs is 2. The summed E-state index contributed by atoms with van der Waals surface area (Å²) in [7, 11) is -3.63. The Morgan fingerprint density at radius 1 is 1.38 bits per heavy atom. The van der Waals surface area contributed by atoms with Crippen LogP contribution in [0.2, 0.25) is 4.34 Å². The number of hydrogen-bond acceptors (Lipinski definition) is 5. The van der Waals surface area contributed by atoms with Gasteiger partial charge in [0.15, 0.2) is 0 Å². The van der Waals surface area contributed by atoms with E-state index in [0.29, 0.717) is 10.9 Å². The van der Waals surface area contributed by atoms with E-state index in [0.717, 1.165) is 49.9 Å². The second-order valence-electron chi connectivity index (χ2n) is 7.21. The van der Waals surface area contributed by atoms with Crippen molar-refractivity contribution in [2.45, 2.75) is 55.7 Å². The Kier molecular flexibility index (Phi) is 6.16. The van der Waals surface area contributed by atoms with Gasteiger partial charge in [-0.05, 0) is 50.2 Å². The Morgan fingerprint density at radius 2 is 2.19 bits per heavy atom. The van der Waals surface area contributed by atoms with E-state index in [2.05, 4.69) is 10.0 Å². The van der Waals surface area contributed by atoms with Crippen molar-refractivity contribution in [1.29, 1.82) is 0 Å². The van der Waals surface area contributed by atoms with Gasteiger partial charge in [0, 0.05) is 18.0 Å². The molecule has 26 heavy (non-hydrogen) atoms. The molecule has 3 atom stereocenters. The van der Waals surface area contributed by atoms with Gasteiger partial charge in [0.1, 0.15) is 10.8 Å². The van der Waals surface area contributed by atoms with Gasteiger partial charge < -0.3 is 10.1 Å². The lowest BCUT2D eigenvalue weighted by molar-refractivity contribution is 0.0474. The minimum absolute atomic E-state index is 0.207. The molecule has 9 heteroatoms. The molecule has 1 heterocycles. The Labute approximate surface area is 163 Å². The third-order valence-electron chi connectivity index (χ3n) is 5.50. The van der Waals surface area contributed by atoms with E-state index in [1.54, 1.807) is 6.07 Å². The minimum Gasteiger partial charge on any atom is -0.449 e. The van der Waals surface area contributed by atoms with Crippen LogP contribution in [-0.4, -0.2) is 33.7 Å². The number of hydrogen-bond donors (Lipinski definition) is 2. The van der Waals surface area contributed by atoms with Gasteiger partial charge in [-0.15, -0.1) is 11.3 Å². The van der Waals surface area contributed by atoms with E-state index in [4.69, 9.17) is 16.3 Å². The average molecular weight is 421 g/mol. The predicted molar refractivity (Wildman–Crippen MR) is 102 cm³/mol. The summed E-state index contributed by atoms with van der Waals surface area (Å²) in [5, 5.41) is 2.71. The van der Waals surface area contributed by atoms with Crippen molar-refractivity contribution in [2.75, 3.05) is 13.2 Å². The molecule has 1 aromatic rings. The summed E-state index contributed by atoms with van der Waals surface area (Å²) in [5.41, 5.74) is -0.319. The first kappa shape index (κ1) is 19.9. The lowest BCUT2D eigenvalue weighted by Crippen LogP contribution is -2.52. The van der Waals surface area contributed by atoms with E-state index < -0.39 is 16.1 Å². The van der Waals surface area contributed by atoms with E-state index in [1.807, 2.05) is 6.92 Å². The molecule has 0 spiro atoms. The summed E-state index contributed by atoms with van der Waals surface area (Å²) >= 11 is 6.95. The third-order valence-corrected chi connectivity index (χ3v) is 8.66. The van der Waals surface area contributed by atoms with Gasteiger partial charge in [-0.2, -0.15) is 0 Å². The highest BCUT2D eigenvalue weighted by Crippen LogP contribution is 2.52. The summed E-state index contributed by atoms with van der Waals surface area (Å²) in [6, 6.07) is 2.91. The molecule has 2 fully saturated rings. The number of alkyl carbamates (subject to hydrolysis) is 1. The summed E-state index contributed by atoms with van der Waals surface area (Å²) < 4.78 is 34.6. The number of sulfonamides is 1. The maximum atomic E-state index is 12.8. The topological polar surface area (TPSA) is 84.5 Å². The van der Waals surface area contributed by atoms with Crippen LogP contribution >= 0.6 is 22.9 Å². The molecular weight excluding hydrogens is 396 g/mol. The lowest BCUT2D eigenvalue weighted by Gasteiger charge is -2.40. The standard InChI is InChI=1S/C17H25ClN2O4S2/c1-2-10-19-16(21)24-11-17-8-3-4-12(7-9-17)15(17)20-26(22,23)14-6-5-13(18)25-14/h5-6,12,15,20H,2-4,7-11H2,1H3,(H,19,21). The first-order valence-electron chi connectivity index (χ1n) is 9.04. The number of carbonyl (C=O) groups excluding carboxylic acids is 1. The van der Waals surface area contributed by atoms with E-state index in [9.17, 15) is 13.2 Å². The fraction of sp³-hybridized carbons (Fsp3) is 0.706. The van der Waals surface area contributed by atoms with Crippen LogP contribution in [-0.2, 0) is 14.8 Å². The molecule has 0 radical (unpaired) electrons. The van der Waals surface area contributed by atoms with Crippen LogP contribution in [0.5, 0.6) is 0 Å². The van der Waals surface area contributed by atoms with Crippen molar-refractivity contribution in [3.63, 3.8) is 0 Å². The fourth-order valence-electron chi connectivity index (χ4n) is 4.21. The Bertz CT molecular complexity index is 748. The van der Waals surface area contributed by atoms with Gasteiger partial charge in [0.05, 0.1) is 4.34 Å². The summed E-state index contributed by atoms with van der Waals surface area (Å²) in [5.74, 6) is 0.288. The first-order chi connectivity index (χ1) is 12.4. The van der Waals surface area contributed by atoms with Gasteiger partial charge >= 0.3 is 6.09 Å². The molecule has 2 saturated carbocycles. The van der Waals surface area contributed by atoms with Crippen molar-refractivity contribution in [1.82, 2.24) is 10.0 Å². The molecule has 2 aliphatic rings. The molecule has 1 aromatic heterocycles. The summed E-state index contributed by atoms with van der Waals surface area (Å²) in [6.07, 6.45) is 5.14. The quantitative estimate of drug-likeness (QED) is 0.703. The average Bonchev–Trinajstić information content (AvgIpc) is 3.10. The molecule has 0 aliphatic heterocycles. The maximum Gasteiger partial charge on any atom is 0.407 e. The van der Waals surface area contributed by atoms with Crippen LogP contribution < -0.4 is 10.0 Å². The molecule has 0 saturated heterocycles. The normalized spacial score (nSPS) is 28.1.